The molecule has 0 radical (unpaired) electrons. The molecule has 0 aliphatic rings. The summed E-state index contributed by atoms with van der Waals surface area (Å²) in [7, 11) is -2.08. The van der Waals surface area contributed by atoms with Crippen molar-refractivity contribution in [2.45, 2.75) is 38.6 Å². The summed E-state index contributed by atoms with van der Waals surface area (Å²) in [5, 5.41) is 2.77. The lowest BCUT2D eigenvalue weighted by molar-refractivity contribution is 0.350. The highest BCUT2D eigenvalue weighted by Gasteiger charge is 2.22. The fourth-order valence-electron chi connectivity index (χ4n) is 1.59. The van der Waals surface area contributed by atoms with Crippen molar-refractivity contribution in [2.75, 3.05) is 13.6 Å². The lowest BCUT2D eigenvalue weighted by Gasteiger charge is -2.23. The summed E-state index contributed by atoms with van der Waals surface area (Å²) in [5.41, 5.74) is 0.251. The zero-order chi connectivity index (χ0) is 16.3. The Morgan fingerprint density at radius 2 is 1.95 bits per heavy atom. The number of sulfonamides is 1. The van der Waals surface area contributed by atoms with Gasteiger partial charge in [0.05, 0.1) is 9.92 Å². The van der Waals surface area contributed by atoms with Gasteiger partial charge >= 0.3 is 0 Å². The van der Waals surface area contributed by atoms with Crippen LogP contribution in [0.1, 0.15) is 32.8 Å². The van der Waals surface area contributed by atoms with E-state index in [2.05, 4.69) is 10.0 Å². The lowest BCUT2D eigenvalue weighted by atomic mass is 9.91. The van der Waals surface area contributed by atoms with Gasteiger partial charge in [-0.1, -0.05) is 32.4 Å². The molecule has 1 aromatic carbocycles. The van der Waals surface area contributed by atoms with Gasteiger partial charge in [-0.25, -0.2) is 17.5 Å². The van der Waals surface area contributed by atoms with Crippen LogP contribution in [-0.2, 0) is 16.6 Å². The summed E-state index contributed by atoms with van der Waals surface area (Å²) in [6, 6.07) is 2.34. The molecule has 1 aromatic rings. The monoisotopic (exact) mass is 336 g/mol. The van der Waals surface area contributed by atoms with Crippen molar-refractivity contribution in [1.29, 1.82) is 0 Å². The van der Waals surface area contributed by atoms with Crippen LogP contribution in [0.2, 0.25) is 5.02 Å². The van der Waals surface area contributed by atoms with Crippen molar-refractivity contribution in [2.24, 2.45) is 5.41 Å². The maximum Gasteiger partial charge on any atom is 0.240 e. The van der Waals surface area contributed by atoms with Gasteiger partial charge in [0.1, 0.15) is 5.82 Å². The molecule has 0 aromatic heterocycles. The lowest BCUT2D eigenvalue weighted by Crippen LogP contribution is -2.33. The summed E-state index contributed by atoms with van der Waals surface area (Å²) in [5.74, 6) is -0.737. The van der Waals surface area contributed by atoms with E-state index in [1.807, 2.05) is 20.8 Å². The minimum Gasteiger partial charge on any atom is -0.316 e. The molecule has 0 saturated carbocycles. The van der Waals surface area contributed by atoms with Crippen LogP contribution < -0.4 is 10.0 Å². The van der Waals surface area contributed by atoms with Crippen molar-refractivity contribution in [3.05, 3.63) is 28.5 Å². The number of rotatable bonds is 7. The van der Waals surface area contributed by atoms with Gasteiger partial charge in [-0.15, -0.1) is 0 Å². The number of nitrogens with one attached hydrogen (secondary N) is 2. The molecule has 0 saturated heterocycles. The molecule has 0 heterocycles. The Balaban J connectivity index is 3.09. The summed E-state index contributed by atoms with van der Waals surface area (Å²) in [6.07, 6.45) is 0.829. The maximum absolute atomic E-state index is 13.8. The maximum atomic E-state index is 13.8. The minimum atomic E-state index is -3.76. The summed E-state index contributed by atoms with van der Waals surface area (Å²) < 4.78 is 40.9. The van der Waals surface area contributed by atoms with Crippen molar-refractivity contribution in [3.8, 4) is 0 Å². The first kappa shape index (κ1) is 18.4. The van der Waals surface area contributed by atoms with E-state index in [-0.39, 0.29) is 21.9 Å². The van der Waals surface area contributed by atoms with E-state index in [1.54, 1.807) is 7.05 Å². The van der Waals surface area contributed by atoms with Gasteiger partial charge in [0.2, 0.25) is 10.0 Å². The highest BCUT2D eigenvalue weighted by molar-refractivity contribution is 7.89. The van der Waals surface area contributed by atoms with E-state index in [0.717, 1.165) is 12.5 Å². The van der Waals surface area contributed by atoms with E-state index in [0.29, 0.717) is 12.1 Å². The molecule has 1 rings (SSSR count). The van der Waals surface area contributed by atoms with E-state index in [1.165, 1.54) is 6.07 Å². The molecule has 0 atom stereocenters. The van der Waals surface area contributed by atoms with Crippen molar-refractivity contribution in [3.63, 3.8) is 0 Å². The molecular weight excluding hydrogens is 315 g/mol. The Kier molecular flexibility index (Phi) is 6.16. The molecule has 2 N–H and O–H groups in total. The fourth-order valence-corrected chi connectivity index (χ4v) is 3.07. The van der Waals surface area contributed by atoms with Crippen LogP contribution in [-0.4, -0.2) is 22.0 Å². The Bertz CT molecular complexity index is 603. The van der Waals surface area contributed by atoms with Crippen molar-refractivity contribution < 1.29 is 12.8 Å². The van der Waals surface area contributed by atoms with E-state index < -0.39 is 15.8 Å². The third-order valence-electron chi connectivity index (χ3n) is 3.45. The standard InChI is InChI=1S/C14H22ClFN2O2S/c1-5-14(2,3)9-18-21(19,20)11-6-10(8-17-4)13(15)12(16)7-11/h6-7,17-18H,5,8-9H2,1-4H3. The molecule has 7 heteroatoms. The molecule has 0 spiro atoms. The Morgan fingerprint density at radius 1 is 1.33 bits per heavy atom. The van der Waals surface area contributed by atoms with Gasteiger partial charge in [-0.3, -0.25) is 0 Å². The Hall–Kier alpha value is -0.690. The van der Waals surface area contributed by atoms with Crippen LogP contribution in [0.25, 0.3) is 0 Å². The normalized spacial score (nSPS) is 12.7. The smallest absolute Gasteiger partial charge is 0.240 e. The van der Waals surface area contributed by atoms with Crippen LogP contribution in [0.15, 0.2) is 17.0 Å². The molecule has 0 bridgehead atoms. The summed E-state index contributed by atoms with van der Waals surface area (Å²) in [4.78, 5) is -0.110. The van der Waals surface area contributed by atoms with Gasteiger partial charge in [0.25, 0.3) is 0 Å². The second-order valence-corrected chi connectivity index (χ2v) is 7.90. The van der Waals surface area contributed by atoms with Gasteiger partial charge < -0.3 is 5.32 Å². The molecule has 0 aliphatic heterocycles. The largest absolute Gasteiger partial charge is 0.316 e. The van der Waals surface area contributed by atoms with Crippen molar-refractivity contribution in [1.82, 2.24) is 10.0 Å². The molecule has 0 unspecified atom stereocenters. The quantitative estimate of drug-likeness (QED) is 0.805. The predicted octanol–water partition coefficient (Wildman–Crippen LogP) is 2.91. The van der Waals surface area contributed by atoms with Crippen LogP contribution in [0.4, 0.5) is 4.39 Å². The first-order chi connectivity index (χ1) is 9.63. The number of hydrogen-bond donors (Lipinski definition) is 2. The van der Waals surface area contributed by atoms with Gasteiger partial charge in [0.15, 0.2) is 0 Å². The number of benzene rings is 1. The molecular formula is C14H22ClFN2O2S. The third kappa shape index (κ3) is 4.92. The number of halogens is 2. The first-order valence-corrected chi connectivity index (χ1v) is 8.61. The zero-order valence-corrected chi connectivity index (χ0v) is 14.3. The summed E-state index contributed by atoms with van der Waals surface area (Å²) in [6.45, 7) is 6.49. The minimum absolute atomic E-state index is 0.0582. The van der Waals surface area contributed by atoms with E-state index >= 15 is 0 Å². The molecule has 120 valence electrons. The van der Waals surface area contributed by atoms with E-state index in [9.17, 15) is 12.8 Å². The average molecular weight is 337 g/mol. The second kappa shape index (κ2) is 7.05. The SMILES string of the molecule is CCC(C)(C)CNS(=O)(=O)c1cc(F)c(Cl)c(CNC)c1. The molecule has 0 aliphatic carbocycles. The fraction of sp³-hybridized carbons (Fsp3) is 0.571. The Labute approximate surface area is 131 Å². The third-order valence-corrected chi connectivity index (χ3v) is 5.26. The molecule has 21 heavy (non-hydrogen) atoms. The second-order valence-electron chi connectivity index (χ2n) is 5.75. The van der Waals surface area contributed by atoms with Gasteiger partial charge in [-0.2, -0.15) is 0 Å². The van der Waals surface area contributed by atoms with Crippen LogP contribution >= 0.6 is 11.6 Å². The van der Waals surface area contributed by atoms with Gasteiger partial charge in [0, 0.05) is 13.1 Å². The predicted molar refractivity (Wildman–Crippen MR) is 83.4 cm³/mol. The van der Waals surface area contributed by atoms with Crippen molar-refractivity contribution >= 4 is 21.6 Å². The van der Waals surface area contributed by atoms with Crippen LogP contribution in [0.5, 0.6) is 0 Å². The summed E-state index contributed by atoms with van der Waals surface area (Å²) >= 11 is 5.84. The molecule has 4 nitrogen and oxygen atoms in total. The average Bonchev–Trinajstić information content (AvgIpc) is 2.42. The topological polar surface area (TPSA) is 58.2 Å². The van der Waals surface area contributed by atoms with Crippen LogP contribution in [0, 0.1) is 11.2 Å². The first-order valence-electron chi connectivity index (χ1n) is 6.75. The number of hydrogen-bond acceptors (Lipinski definition) is 3. The van der Waals surface area contributed by atoms with Crippen LogP contribution in [0.3, 0.4) is 0 Å². The van der Waals surface area contributed by atoms with E-state index in [4.69, 9.17) is 11.6 Å². The van der Waals surface area contributed by atoms with Gasteiger partial charge in [-0.05, 0) is 36.6 Å². The molecule has 0 fully saturated rings. The highest BCUT2D eigenvalue weighted by atomic mass is 35.5. The highest BCUT2D eigenvalue weighted by Crippen LogP contribution is 2.25. The Morgan fingerprint density at radius 3 is 2.48 bits per heavy atom. The molecule has 0 amide bonds. The zero-order valence-electron chi connectivity index (χ0n) is 12.8.